The van der Waals surface area contributed by atoms with Gasteiger partial charge in [0.15, 0.2) is 5.75 Å². The molecule has 0 bridgehead atoms. The van der Waals surface area contributed by atoms with Gasteiger partial charge in [-0.1, -0.05) is 6.92 Å². The molecule has 1 N–H and O–H groups in total. The van der Waals surface area contributed by atoms with Gasteiger partial charge in [-0.3, -0.25) is 4.68 Å². The Morgan fingerprint density at radius 3 is 3.12 bits per heavy atom. The van der Waals surface area contributed by atoms with Crippen LogP contribution >= 0.6 is 0 Å². The van der Waals surface area contributed by atoms with Gasteiger partial charge in [0.05, 0.1) is 19.9 Å². The summed E-state index contributed by atoms with van der Waals surface area (Å²) in [5.41, 5.74) is 0.782. The highest BCUT2D eigenvalue weighted by Crippen LogP contribution is 2.33. The first kappa shape index (κ1) is 12.4. The van der Waals surface area contributed by atoms with Crippen molar-refractivity contribution in [2.24, 2.45) is 5.92 Å². The molecule has 96 valence electrons. The highest BCUT2D eigenvalue weighted by molar-refractivity contribution is 5.27. The predicted octanol–water partition coefficient (Wildman–Crippen LogP) is 1.37. The van der Waals surface area contributed by atoms with E-state index in [0.717, 1.165) is 31.7 Å². The van der Waals surface area contributed by atoms with E-state index in [1.807, 2.05) is 4.68 Å². The Morgan fingerprint density at radius 2 is 2.53 bits per heavy atom. The average molecular weight is 240 g/mol. The normalized spacial score (nSPS) is 21.7. The molecule has 17 heavy (non-hydrogen) atoms. The van der Waals surface area contributed by atoms with E-state index >= 15 is 0 Å². The average Bonchev–Trinajstić information content (AvgIpc) is 2.97. The van der Waals surface area contributed by atoms with E-state index in [4.69, 9.17) is 9.47 Å². The summed E-state index contributed by atoms with van der Waals surface area (Å²) in [7, 11) is 1.61. The maximum absolute atomic E-state index is 10.4. The van der Waals surface area contributed by atoms with Crippen molar-refractivity contribution in [2.75, 3.05) is 20.3 Å². The number of aliphatic hydroxyl groups is 1. The van der Waals surface area contributed by atoms with E-state index in [-0.39, 0.29) is 5.92 Å². The van der Waals surface area contributed by atoms with Crippen molar-refractivity contribution >= 4 is 0 Å². The van der Waals surface area contributed by atoms with Gasteiger partial charge in [0.1, 0.15) is 11.8 Å². The summed E-state index contributed by atoms with van der Waals surface area (Å²) < 4.78 is 12.4. The van der Waals surface area contributed by atoms with Crippen LogP contribution in [0, 0.1) is 5.92 Å². The van der Waals surface area contributed by atoms with Crippen LogP contribution in [0.5, 0.6) is 5.75 Å². The molecule has 1 aromatic rings. The van der Waals surface area contributed by atoms with Gasteiger partial charge in [-0.05, 0) is 12.8 Å². The van der Waals surface area contributed by atoms with Gasteiger partial charge >= 0.3 is 0 Å². The van der Waals surface area contributed by atoms with E-state index < -0.39 is 6.10 Å². The molecule has 1 aromatic heterocycles. The smallest absolute Gasteiger partial charge is 0.162 e. The van der Waals surface area contributed by atoms with E-state index in [2.05, 4.69) is 12.0 Å². The number of aryl methyl sites for hydroxylation is 1. The maximum atomic E-state index is 10.4. The van der Waals surface area contributed by atoms with Crippen LogP contribution in [-0.4, -0.2) is 35.2 Å². The monoisotopic (exact) mass is 240 g/mol. The quantitative estimate of drug-likeness (QED) is 0.844. The SMILES string of the molecule is CCCn1ncc(OC)c1C(O)C1CCOC1. The Labute approximate surface area is 101 Å². The number of aliphatic hydroxyl groups excluding tert-OH is 1. The zero-order valence-electron chi connectivity index (χ0n) is 10.4. The molecule has 5 nitrogen and oxygen atoms in total. The molecule has 1 aliphatic rings. The molecule has 5 heteroatoms. The van der Waals surface area contributed by atoms with Crippen LogP contribution in [-0.2, 0) is 11.3 Å². The highest BCUT2D eigenvalue weighted by atomic mass is 16.5. The first-order chi connectivity index (χ1) is 8.27. The number of ether oxygens (including phenoxy) is 2. The van der Waals surface area contributed by atoms with Gasteiger partial charge < -0.3 is 14.6 Å². The van der Waals surface area contributed by atoms with Gasteiger partial charge in [-0.25, -0.2) is 0 Å². The van der Waals surface area contributed by atoms with Crippen LogP contribution in [0.15, 0.2) is 6.20 Å². The molecule has 0 aromatic carbocycles. The Morgan fingerprint density at radius 1 is 1.71 bits per heavy atom. The third-order valence-corrected chi connectivity index (χ3v) is 3.19. The zero-order valence-corrected chi connectivity index (χ0v) is 10.4. The molecule has 0 amide bonds. The minimum Gasteiger partial charge on any atom is -0.493 e. The van der Waals surface area contributed by atoms with Gasteiger partial charge in [0.2, 0.25) is 0 Å². The molecule has 2 rings (SSSR count). The summed E-state index contributed by atoms with van der Waals surface area (Å²) in [6.07, 6.45) is 2.98. The van der Waals surface area contributed by atoms with Crippen LogP contribution in [0.3, 0.4) is 0 Å². The Kier molecular flexibility index (Phi) is 4.02. The van der Waals surface area contributed by atoms with E-state index in [9.17, 15) is 5.11 Å². The number of hydrogen-bond donors (Lipinski definition) is 1. The standard InChI is InChI=1S/C12H20N2O3/c1-3-5-14-11(10(16-2)7-13-14)12(15)9-4-6-17-8-9/h7,9,12,15H,3-6,8H2,1-2H3. The highest BCUT2D eigenvalue weighted by Gasteiger charge is 2.30. The summed E-state index contributed by atoms with van der Waals surface area (Å²) in [4.78, 5) is 0. The Bertz CT molecular complexity index is 359. The molecule has 2 atom stereocenters. The van der Waals surface area contributed by atoms with Crippen molar-refractivity contribution in [1.29, 1.82) is 0 Å². The fourth-order valence-corrected chi connectivity index (χ4v) is 2.25. The lowest BCUT2D eigenvalue weighted by molar-refractivity contribution is 0.0822. The van der Waals surface area contributed by atoms with Crippen molar-refractivity contribution < 1.29 is 14.6 Å². The molecule has 2 heterocycles. The molecule has 1 fully saturated rings. The molecule has 0 saturated carbocycles. The lowest BCUT2D eigenvalue weighted by Crippen LogP contribution is -2.18. The van der Waals surface area contributed by atoms with Crippen LogP contribution in [0.4, 0.5) is 0 Å². The largest absolute Gasteiger partial charge is 0.493 e. The van der Waals surface area contributed by atoms with Crippen LogP contribution in [0.2, 0.25) is 0 Å². The second kappa shape index (κ2) is 5.51. The minimum atomic E-state index is -0.554. The van der Waals surface area contributed by atoms with Gasteiger partial charge in [0.25, 0.3) is 0 Å². The summed E-state index contributed by atoms with van der Waals surface area (Å²) in [6, 6.07) is 0. The first-order valence-electron chi connectivity index (χ1n) is 6.13. The molecular weight excluding hydrogens is 220 g/mol. The van der Waals surface area contributed by atoms with Gasteiger partial charge in [-0.15, -0.1) is 0 Å². The lowest BCUT2D eigenvalue weighted by atomic mass is 9.98. The Balaban J connectivity index is 2.23. The van der Waals surface area contributed by atoms with E-state index in [0.29, 0.717) is 12.4 Å². The molecule has 2 unspecified atom stereocenters. The van der Waals surface area contributed by atoms with Gasteiger partial charge in [-0.2, -0.15) is 5.10 Å². The second-order valence-electron chi connectivity index (χ2n) is 4.39. The number of methoxy groups -OCH3 is 1. The molecule has 1 aliphatic heterocycles. The fourth-order valence-electron chi connectivity index (χ4n) is 2.25. The van der Waals surface area contributed by atoms with Crippen LogP contribution in [0.25, 0.3) is 0 Å². The first-order valence-corrected chi connectivity index (χ1v) is 6.13. The minimum absolute atomic E-state index is 0.149. The maximum Gasteiger partial charge on any atom is 0.162 e. The second-order valence-corrected chi connectivity index (χ2v) is 4.39. The topological polar surface area (TPSA) is 56.5 Å². The summed E-state index contributed by atoms with van der Waals surface area (Å²) in [6.45, 7) is 4.22. The molecule has 1 saturated heterocycles. The Hall–Kier alpha value is -1.07. The van der Waals surface area contributed by atoms with Crippen LogP contribution in [0.1, 0.15) is 31.6 Å². The van der Waals surface area contributed by atoms with Crippen molar-refractivity contribution in [3.63, 3.8) is 0 Å². The fraction of sp³-hybridized carbons (Fsp3) is 0.750. The van der Waals surface area contributed by atoms with Crippen molar-refractivity contribution in [1.82, 2.24) is 9.78 Å². The van der Waals surface area contributed by atoms with Crippen LogP contribution < -0.4 is 4.74 Å². The summed E-state index contributed by atoms with van der Waals surface area (Å²) in [5.74, 6) is 0.814. The van der Waals surface area contributed by atoms with Gasteiger partial charge in [0, 0.05) is 19.1 Å². The number of aromatic nitrogens is 2. The lowest BCUT2D eigenvalue weighted by Gasteiger charge is -2.19. The van der Waals surface area contributed by atoms with Crippen molar-refractivity contribution in [2.45, 2.75) is 32.4 Å². The summed E-state index contributed by atoms with van der Waals surface area (Å²) >= 11 is 0. The number of hydrogen-bond acceptors (Lipinski definition) is 4. The third-order valence-electron chi connectivity index (χ3n) is 3.19. The number of rotatable bonds is 5. The molecular formula is C12H20N2O3. The zero-order chi connectivity index (χ0) is 12.3. The third kappa shape index (κ3) is 2.45. The van der Waals surface area contributed by atoms with E-state index in [1.54, 1.807) is 13.3 Å². The van der Waals surface area contributed by atoms with E-state index in [1.165, 1.54) is 0 Å². The molecule has 0 radical (unpaired) electrons. The van der Waals surface area contributed by atoms with Crippen molar-refractivity contribution in [3.05, 3.63) is 11.9 Å². The number of nitrogens with zero attached hydrogens (tertiary/aromatic N) is 2. The summed E-state index contributed by atoms with van der Waals surface area (Å²) in [5, 5.41) is 14.7. The van der Waals surface area contributed by atoms with Crippen molar-refractivity contribution in [3.8, 4) is 5.75 Å². The molecule has 0 aliphatic carbocycles. The predicted molar refractivity (Wildman–Crippen MR) is 63.0 cm³/mol. The molecule has 0 spiro atoms.